The van der Waals surface area contributed by atoms with E-state index in [9.17, 15) is 33.6 Å². The molecule has 1 aliphatic carbocycles. The van der Waals surface area contributed by atoms with Crippen molar-refractivity contribution >= 4 is 41.2 Å². The summed E-state index contributed by atoms with van der Waals surface area (Å²) < 4.78 is 0. The fraction of sp³-hybridized carbons (Fsp3) is 0.486. The maximum Gasteiger partial charge on any atom is 0.327 e. The van der Waals surface area contributed by atoms with Crippen LogP contribution in [0.2, 0.25) is 0 Å². The smallest absolute Gasteiger partial charge is 0.327 e. The number of nitrogens with zero attached hydrogens (tertiary/aromatic N) is 2. The summed E-state index contributed by atoms with van der Waals surface area (Å²) in [5, 5.41) is 10.6. The molecular weight excluding hydrogens is 640 g/mol. The largest absolute Gasteiger partial charge is 0.344 e. The molecule has 13 nitrogen and oxygen atoms in total. The minimum Gasteiger partial charge on any atom is -0.344 e. The lowest BCUT2D eigenvalue weighted by Crippen LogP contribution is -2.58. The van der Waals surface area contributed by atoms with Crippen molar-refractivity contribution in [2.75, 3.05) is 20.1 Å². The van der Waals surface area contributed by atoms with Crippen LogP contribution in [-0.4, -0.2) is 89.3 Å². The Morgan fingerprint density at radius 2 is 1.52 bits per heavy atom. The molecule has 6 amide bonds. The molecule has 0 bridgehead atoms. The molecule has 268 valence electrons. The number of ketones is 2. The van der Waals surface area contributed by atoms with E-state index >= 15 is 0 Å². The van der Waals surface area contributed by atoms with E-state index in [1.165, 1.54) is 11.8 Å². The SMILES string of the molecule is CCCC(NC(=O)C1CN(Cc2ccccc2)C(=O)N1C(=O)C(NC)C1CCCCC1)C(=O)C(=O)NCC(=O)N[C@@H](C(C)=O)c1ccccc1. The van der Waals surface area contributed by atoms with Crippen molar-refractivity contribution in [2.24, 2.45) is 5.92 Å². The summed E-state index contributed by atoms with van der Waals surface area (Å²) in [6, 6.07) is 13.1. The first-order valence-corrected chi connectivity index (χ1v) is 17.4. The highest BCUT2D eigenvalue weighted by Gasteiger charge is 2.48. The van der Waals surface area contributed by atoms with Crippen LogP contribution in [0.5, 0.6) is 0 Å². The topological polar surface area (TPSA) is 174 Å². The van der Waals surface area contributed by atoms with Crippen LogP contribution in [0.1, 0.15) is 76.0 Å². The molecule has 50 heavy (non-hydrogen) atoms. The Kier molecular flexibility index (Phi) is 13.8. The number of hydrogen-bond donors (Lipinski definition) is 4. The molecule has 2 aromatic rings. The molecule has 0 spiro atoms. The van der Waals surface area contributed by atoms with E-state index in [1.807, 2.05) is 30.3 Å². The quantitative estimate of drug-likeness (QED) is 0.195. The first-order chi connectivity index (χ1) is 24.0. The van der Waals surface area contributed by atoms with Gasteiger partial charge in [0.25, 0.3) is 5.91 Å². The number of imide groups is 1. The van der Waals surface area contributed by atoms with Gasteiger partial charge in [-0.2, -0.15) is 0 Å². The molecule has 0 radical (unpaired) electrons. The number of amides is 6. The van der Waals surface area contributed by atoms with Crippen LogP contribution in [0.15, 0.2) is 60.7 Å². The fourth-order valence-corrected chi connectivity index (χ4v) is 6.72. The van der Waals surface area contributed by atoms with Gasteiger partial charge in [0.15, 0.2) is 5.78 Å². The minimum absolute atomic E-state index is 0.00895. The maximum atomic E-state index is 14.1. The van der Waals surface area contributed by atoms with Gasteiger partial charge in [0.05, 0.1) is 25.2 Å². The van der Waals surface area contributed by atoms with E-state index in [2.05, 4.69) is 21.3 Å². The normalized spacial score (nSPS) is 18.1. The van der Waals surface area contributed by atoms with Gasteiger partial charge in [0.2, 0.25) is 23.5 Å². The molecule has 0 aromatic heterocycles. The molecule has 1 saturated carbocycles. The van der Waals surface area contributed by atoms with Crippen molar-refractivity contribution in [2.45, 2.75) is 89.5 Å². The molecule has 2 aromatic carbocycles. The van der Waals surface area contributed by atoms with Crippen LogP contribution in [0.4, 0.5) is 4.79 Å². The second-order valence-electron chi connectivity index (χ2n) is 13.0. The summed E-state index contributed by atoms with van der Waals surface area (Å²) in [4.78, 5) is 95.3. The lowest BCUT2D eigenvalue weighted by Gasteiger charge is -2.32. The standard InChI is InChI=1S/C37H48N6O7/c1-4-14-28(33(46)35(48)39-21-30(45)41-31(24(2)44)26-17-10-6-11-18-26)40-34(47)29-23-42(22-25-15-8-5-9-16-25)37(50)43(29)36(49)32(38-3)27-19-12-7-13-20-27/h5-6,8-11,15-18,27-29,31-32,38H,4,7,12-14,19-23H2,1-3H3,(H,39,48)(H,40,47)(H,41,45)/t28?,29?,31-,32?/m0/s1. The van der Waals surface area contributed by atoms with Gasteiger partial charge in [-0.05, 0) is 50.3 Å². The second kappa shape index (κ2) is 18.2. The third-order valence-corrected chi connectivity index (χ3v) is 9.32. The Balaban J connectivity index is 1.46. The lowest BCUT2D eigenvalue weighted by atomic mass is 9.83. The summed E-state index contributed by atoms with van der Waals surface area (Å²) in [7, 11) is 1.67. The van der Waals surface area contributed by atoms with Gasteiger partial charge in [-0.25, -0.2) is 9.69 Å². The molecule has 2 fully saturated rings. The minimum atomic E-state index is -1.27. The first-order valence-electron chi connectivity index (χ1n) is 17.4. The number of carbonyl (C=O) groups is 7. The summed E-state index contributed by atoms with van der Waals surface area (Å²) in [5.74, 6) is -4.27. The highest BCUT2D eigenvalue weighted by atomic mass is 16.2. The Morgan fingerprint density at radius 1 is 0.880 bits per heavy atom. The summed E-state index contributed by atoms with van der Waals surface area (Å²) in [6.07, 6.45) is 5.21. The van der Waals surface area contributed by atoms with Crippen molar-refractivity contribution in [3.8, 4) is 0 Å². The zero-order valence-corrected chi connectivity index (χ0v) is 29.0. The summed E-state index contributed by atoms with van der Waals surface area (Å²) >= 11 is 0. The molecule has 1 heterocycles. The fourth-order valence-electron chi connectivity index (χ4n) is 6.72. The third kappa shape index (κ3) is 9.62. The molecule has 4 rings (SSSR count). The molecule has 3 unspecified atom stereocenters. The third-order valence-electron chi connectivity index (χ3n) is 9.32. The number of urea groups is 1. The van der Waals surface area contributed by atoms with Crippen molar-refractivity contribution < 1.29 is 33.6 Å². The number of hydrogen-bond acceptors (Lipinski definition) is 8. The summed E-state index contributed by atoms with van der Waals surface area (Å²) in [5.41, 5.74) is 1.39. The maximum absolute atomic E-state index is 14.1. The number of carbonyl (C=O) groups excluding carboxylic acids is 7. The lowest BCUT2D eigenvalue weighted by molar-refractivity contribution is -0.142. The first kappa shape index (κ1) is 37.9. The zero-order chi connectivity index (χ0) is 36.2. The van der Waals surface area contributed by atoms with E-state index in [4.69, 9.17) is 0 Å². The van der Waals surface area contributed by atoms with E-state index in [-0.39, 0.29) is 31.2 Å². The number of nitrogens with one attached hydrogen (secondary N) is 4. The van der Waals surface area contributed by atoms with Gasteiger partial charge < -0.3 is 26.2 Å². The van der Waals surface area contributed by atoms with Gasteiger partial charge in [0, 0.05) is 6.54 Å². The van der Waals surface area contributed by atoms with Crippen LogP contribution in [0, 0.1) is 5.92 Å². The van der Waals surface area contributed by atoms with Crippen LogP contribution < -0.4 is 21.3 Å². The van der Waals surface area contributed by atoms with Gasteiger partial charge in [-0.15, -0.1) is 0 Å². The molecule has 1 saturated heterocycles. The molecule has 1 aliphatic heterocycles. The number of Topliss-reactive ketones (excluding diaryl/α,β-unsaturated/α-hetero) is 2. The van der Waals surface area contributed by atoms with Crippen LogP contribution in [0.25, 0.3) is 0 Å². The van der Waals surface area contributed by atoms with Crippen LogP contribution in [-0.2, 0) is 35.3 Å². The van der Waals surface area contributed by atoms with E-state index in [0.717, 1.165) is 42.6 Å². The molecule has 13 heteroatoms. The van der Waals surface area contributed by atoms with E-state index in [0.29, 0.717) is 12.0 Å². The van der Waals surface area contributed by atoms with Crippen LogP contribution >= 0.6 is 0 Å². The van der Waals surface area contributed by atoms with Crippen molar-refractivity contribution in [1.82, 2.24) is 31.1 Å². The predicted molar refractivity (Wildman–Crippen MR) is 185 cm³/mol. The molecular formula is C37H48N6O7. The Hall–Kier alpha value is -4.91. The average Bonchev–Trinajstić information content (AvgIpc) is 3.45. The Morgan fingerprint density at radius 3 is 2.12 bits per heavy atom. The van der Waals surface area contributed by atoms with Crippen molar-refractivity contribution in [1.29, 1.82) is 0 Å². The van der Waals surface area contributed by atoms with Gasteiger partial charge >= 0.3 is 6.03 Å². The highest BCUT2D eigenvalue weighted by molar-refractivity contribution is 6.38. The van der Waals surface area contributed by atoms with E-state index < -0.39 is 66.2 Å². The van der Waals surface area contributed by atoms with Crippen molar-refractivity contribution in [3.05, 3.63) is 71.8 Å². The zero-order valence-electron chi connectivity index (χ0n) is 29.0. The number of likely N-dealkylation sites (N-methyl/N-ethyl adjacent to an activating group) is 1. The number of benzene rings is 2. The molecule has 4 N–H and O–H groups in total. The molecule has 4 atom stereocenters. The Bertz CT molecular complexity index is 1530. The molecule has 2 aliphatic rings. The predicted octanol–water partition coefficient (Wildman–Crippen LogP) is 2.40. The van der Waals surface area contributed by atoms with E-state index in [1.54, 1.807) is 44.3 Å². The average molecular weight is 689 g/mol. The van der Waals surface area contributed by atoms with Gasteiger partial charge in [-0.3, -0.25) is 28.8 Å². The van der Waals surface area contributed by atoms with Gasteiger partial charge in [-0.1, -0.05) is 93.3 Å². The monoisotopic (exact) mass is 688 g/mol. The van der Waals surface area contributed by atoms with Gasteiger partial charge in [0.1, 0.15) is 12.1 Å². The van der Waals surface area contributed by atoms with Crippen LogP contribution in [0.3, 0.4) is 0 Å². The Labute approximate surface area is 292 Å². The van der Waals surface area contributed by atoms with Crippen molar-refractivity contribution in [3.63, 3.8) is 0 Å². The second-order valence-corrected chi connectivity index (χ2v) is 13.0. The summed E-state index contributed by atoms with van der Waals surface area (Å²) in [6.45, 7) is 2.62. The highest BCUT2D eigenvalue weighted by Crippen LogP contribution is 2.29. The number of rotatable bonds is 16.